The average Bonchev–Trinajstić information content (AvgIpc) is 2.76. The first-order valence-electron chi connectivity index (χ1n) is 9.31. The molecule has 0 aliphatic carbocycles. The van der Waals surface area contributed by atoms with E-state index in [1.807, 2.05) is 6.07 Å². The molecule has 1 aliphatic heterocycles. The highest BCUT2D eigenvalue weighted by molar-refractivity contribution is 6.19. The van der Waals surface area contributed by atoms with Crippen LogP contribution >= 0.6 is 0 Å². The number of nitrogens with zero attached hydrogens (tertiary/aromatic N) is 3. The Hall–Kier alpha value is -4.26. The SMILES string of the molecule is N#Cc1ccc(Oc2ccc(CN3CCC(=O)C(C(=O)NCC(=O)O)C3=O)cn2)cc1. The van der Waals surface area contributed by atoms with Gasteiger partial charge in [0, 0.05) is 31.8 Å². The summed E-state index contributed by atoms with van der Waals surface area (Å²) in [6, 6.07) is 11.9. The highest BCUT2D eigenvalue weighted by Crippen LogP contribution is 2.21. The van der Waals surface area contributed by atoms with Crippen LogP contribution in [0.2, 0.25) is 0 Å². The number of ether oxygens (including phenoxy) is 1. The topological polar surface area (TPSA) is 150 Å². The number of carboxylic acids is 1. The molecule has 2 amide bonds. The van der Waals surface area contributed by atoms with E-state index in [9.17, 15) is 19.2 Å². The maximum atomic E-state index is 12.6. The number of nitriles is 1. The highest BCUT2D eigenvalue weighted by atomic mass is 16.5. The van der Waals surface area contributed by atoms with Crippen LogP contribution in [0.25, 0.3) is 0 Å². The molecule has 1 saturated heterocycles. The quantitative estimate of drug-likeness (QED) is 0.624. The van der Waals surface area contributed by atoms with Crippen molar-refractivity contribution < 1.29 is 29.0 Å². The highest BCUT2D eigenvalue weighted by Gasteiger charge is 2.40. The van der Waals surface area contributed by atoms with Gasteiger partial charge in [0.1, 0.15) is 12.3 Å². The van der Waals surface area contributed by atoms with Crippen molar-refractivity contribution in [2.75, 3.05) is 13.1 Å². The van der Waals surface area contributed by atoms with Crippen molar-refractivity contribution in [2.24, 2.45) is 5.92 Å². The third-order valence-electron chi connectivity index (χ3n) is 4.56. The zero-order valence-electron chi connectivity index (χ0n) is 16.3. The Balaban J connectivity index is 1.62. The van der Waals surface area contributed by atoms with Crippen molar-refractivity contribution in [3.63, 3.8) is 0 Å². The molecule has 0 bridgehead atoms. The number of Topliss-reactive ketones (excluding diaryl/α,β-unsaturated/α-hetero) is 1. The maximum Gasteiger partial charge on any atom is 0.322 e. The Bertz CT molecular complexity index is 1040. The van der Waals surface area contributed by atoms with Crippen LogP contribution in [-0.2, 0) is 25.7 Å². The molecule has 10 heteroatoms. The van der Waals surface area contributed by atoms with E-state index in [0.29, 0.717) is 22.8 Å². The van der Waals surface area contributed by atoms with Crippen molar-refractivity contribution in [2.45, 2.75) is 13.0 Å². The number of carbonyl (C=O) groups is 4. The standard InChI is InChI=1S/C21H18N4O6/c22-9-13-1-4-15(5-2-13)31-17-6-3-14(10-23-17)12-25-8-7-16(26)19(21(25)30)20(29)24-11-18(27)28/h1-6,10,19H,7-8,11-12H2,(H,24,29)(H,27,28). The summed E-state index contributed by atoms with van der Waals surface area (Å²) < 4.78 is 5.61. The molecule has 0 spiro atoms. The van der Waals surface area contributed by atoms with Crippen molar-refractivity contribution >= 4 is 23.6 Å². The molecule has 1 fully saturated rings. The second kappa shape index (κ2) is 9.49. The van der Waals surface area contributed by atoms with Gasteiger partial charge in [0.05, 0.1) is 11.6 Å². The summed E-state index contributed by atoms with van der Waals surface area (Å²) in [6.07, 6.45) is 1.52. The summed E-state index contributed by atoms with van der Waals surface area (Å²) in [5, 5.41) is 19.6. The lowest BCUT2D eigenvalue weighted by molar-refractivity contribution is -0.152. The minimum Gasteiger partial charge on any atom is -0.480 e. The zero-order valence-corrected chi connectivity index (χ0v) is 16.3. The number of piperidine rings is 1. The Labute approximate surface area is 177 Å². The van der Waals surface area contributed by atoms with Gasteiger partial charge in [-0.25, -0.2) is 4.98 Å². The van der Waals surface area contributed by atoms with E-state index in [1.54, 1.807) is 36.4 Å². The van der Waals surface area contributed by atoms with E-state index in [-0.39, 0.29) is 19.5 Å². The molecule has 1 unspecified atom stereocenters. The Kier molecular flexibility index (Phi) is 6.57. The molecule has 2 aromatic rings. The van der Waals surface area contributed by atoms with E-state index in [0.717, 1.165) is 0 Å². The second-order valence-corrected chi connectivity index (χ2v) is 6.76. The lowest BCUT2D eigenvalue weighted by Crippen LogP contribution is -2.52. The molecular formula is C21H18N4O6. The first-order chi connectivity index (χ1) is 14.9. The Morgan fingerprint density at radius 2 is 1.97 bits per heavy atom. The molecule has 158 valence electrons. The number of ketones is 1. The monoisotopic (exact) mass is 422 g/mol. The summed E-state index contributed by atoms with van der Waals surface area (Å²) in [7, 11) is 0. The third-order valence-corrected chi connectivity index (χ3v) is 4.56. The number of hydrogen-bond acceptors (Lipinski definition) is 7. The van der Waals surface area contributed by atoms with Gasteiger partial charge in [0.25, 0.3) is 0 Å². The second-order valence-electron chi connectivity index (χ2n) is 6.76. The van der Waals surface area contributed by atoms with Crippen molar-refractivity contribution in [3.05, 3.63) is 53.7 Å². The molecule has 1 atom stereocenters. The maximum absolute atomic E-state index is 12.6. The number of amides is 2. The van der Waals surface area contributed by atoms with Crippen LogP contribution in [0, 0.1) is 17.2 Å². The third kappa shape index (κ3) is 5.42. The van der Waals surface area contributed by atoms with E-state index in [2.05, 4.69) is 10.3 Å². The summed E-state index contributed by atoms with van der Waals surface area (Å²) in [6.45, 7) is -0.372. The average molecular weight is 422 g/mol. The van der Waals surface area contributed by atoms with Gasteiger partial charge in [-0.15, -0.1) is 0 Å². The normalized spacial score (nSPS) is 15.8. The molecule has 2 heterocycles. The van der Waals surface area contributed by atoms with Gasteiger partial charge in [-0.3, -0.25) is 19.2 Å². The fraction of sp³-hybridized carbons (Fsp3) is 0.238. The number of nitrogens with one attached hydrogen (secondary N) is 1. The number of carboxylic acid groups (broad SMARTS) is 1. The van der Waals surface area contributed by atoms with Crippen LogP contribution in [-0.4, -0.2) is 51.6 Å². The van der Waals surface area contributed by atoms with E-state index in [1.165, 1.54) is 11.1 Å². The van der Waals surface area contributed by atoms with Gasteiger partial charge in [-0.05, 0) is 29.8 Å². The van der Waals surface area contributed by atoms with Crippen LogP contribution in [0.15, 0.2) is 42.6 Å². The number of aromatic nitrogens is 1. The minimum absolute atomic E-state index is 0.00418. The molecule has 1 aromatic carbocycles. The lowest BCUT2D eigenvalue weighted by Gasteiger charge is -2.30. The number of aliphatic carboxylic acids is 1. The van der Waals surface area contributed by atoms with E-state index >= 15 is 0 Å². The van der Waals surface area contributed by atoms with Crippen molar-refractivity contribution in [1.82, 2.24) is 15.2 Å². The predicted octanol–water partition coefficient (Wildman–Crippen LogP) is 0.864. The molecule has 1 aromatic heterocycles. The van der Waals surface area contributed by atoms with Crippen molar-refractivity contribution in [3.8, 4) is 17.7 Å². The Morgan fingerprint density at radius 1 is 1.23 bits per heavy atom. The smallest absolute Gasteiger partial charge is 0.322 e. The summed E-state index contributed by atoms with van der Waals surface area (Å²) in [5.74, 6) is -4.09. The summed E-state index contributed by atoms with van der Waals surface area (Å²) >= 11 is 0. The molecule has 31 heavy (non-hydrogen) atoms. The van der Waals surface area contributed by atoms with Gasteiger partial charge < -0.3 is 20.1 Å². The first kappa shape index (κ1) is 21.4. The molecule has 10 nitrogen and oxygen atoms in total. The fourth-order valence-corrected chi connectivity index (χ4v) is 3.00. The number of rotatable bonds is 7. The lowest BCUT2D eigenvalue weighted by atomic mass is 9.94. The van der Waals surface area contributed by atoms with Gasteiger partial charge in [-0.2, -0.15) is 5.26 Å². The van der Waals surface area contributed by atoms with E-state index in [4.69, 9.17) is 15.1 Å². The Morgan fingerprint density at radius 3 is 2.58 bits per heavy atom. The van der Waals surface area contributed by atoms with Gasteiger partial charge in [-0.1, -0.05) is 6.07 Å². The molecule has 1 aliphatic rings. The van der Waals surface area contributed by atoms with Gasteiger partial charge in [0.15, 0.2) is 11.7 Å². The van der Waals surface area contributed by atoms with Crippen LogP contribution in [0.1, 0.15) is 17.5 Å². The summed E-state index contributed by atoms with van der Waals surface area (Å²) in [4.78, 5) is 52.9. The number of hydrogen-bond donors (Lipinski definition) is 2. The fourth-order valence-electron chi connectivity index (χ4n) is 3.00. The van der Waals surface area contributed by atoms with Crippen LogP contribution in [0.3, 0.4) is 0 Å². The zero-order chi connectivity index (χ0) is 22.4. The number of likely N-dealkylation sites (tertiary alicyclic amines) is 1. The number of carbonyl (C=O) groups excluding carboxylic acids is 3. The van der Waals surface area contributed by atoms with E-state index < -0.39 is 36.0 Å². The summed E-state index contributed by atoms with van der Waals surface area (Å²) in [5.41, 5.74) is 1.18. The van der Waals surface area contributed by atoms with Crippen LogP contribution in [0.4, 0.5) is 0 Å². The molecule has 0 radical (unpaired) electrons. The first-order valence-corrected chi connectivity index (χ1v) is 9.31. The van der Waals surface area contributed by atoms with Crippen molar-refractivity contribution in [1.29, 1.82) is 5.26 Å². The van der Waals surface area contributed by atoms with Crippen LogP contribution < -0.4 is 10.1 Å². The number of benzene rings is 1. The predicted molar refractivity (Wildman–Crippen MR) is 105 cm³/mol. The van der Waals surface area contributed by atoms with Gasteiger partial charge >= 0.3 is 5.97 Å². The molecular weight excluding hydrogens is 404 g/mol. The molecule has 0 saturated carbocycles. The molecule has 3 rings (SSSR count). The molecule has 2 N–H and O–H groups in total. The minimum atomic E-state index is -1.54. The number of pyridine rings is 1. The largest absolute Gasteiger partial charge is 0.480 e. The van der Waals surface area contributed by atoms with Gasteiger partial charge in [0.2, 0.25) is 17.7 Å². The van der Waals surface area contributed by atoms with Crippen LogP contribution in [0.5, 0.6) is 11.6 Å².